The molecule has 0 aliphatic carbocycles. The molecular weight excluding hydrogens is 304 g/mol. The largest absolute Gasteiger partial charge is 0.368 e. The third-order valence-corrected chi connectivity index (χ3v) is 5.09. The summed E-state index contributed by atoms with van der Waals surface area (Å²) in [5.41, 5.74) is 11.3. The molecule has 1 heterocycles. The average Bonchev–Trinajstić information content (AvgIpc) is 2.95. The Hall–Kier alpha value is -1.44. The zero-order valence-electron chi connectivity index (χ0n) is 11.8. The van der Waals surface area contributed by atoms with Gasteiger partial charge in [0.2, 0.25) is 5.91 Å². The summed E-state index contributed by atoms with van der Waals surface area (Å²) in [6.07, 6.45) is 1.28. The van der Waals surface area contributed by atoms with Crippen LogP contribution in [-0.4, -0.2) is 21.0 Å². The Morgan fingerprint density at radius 3 is 2.67 bits per heavy atom. The number of aromatic nitrogens is 2. The van der Waals surface area contributed by atoms with Gasteiger partial charge in [-0.3, -0.25) is 4.79 Å². The van der Waals surface area contributed by atoms with E-state index in [1.807, 2.05) is 37.3 Å². The van der Waals surface area contributed by atoms with Crippen molar-refractivity contribution in [1.29, 1.82) is 0 Å². The third-order valence-electron chi connectivity index (χ3n) is 3.22. The first-order valence-electron chi connectivity index (χ1n) is 6.66. The van der Waals surface area contributed by atoms with Crippen molar-refractivity contribution in [3.05, 3.63) is 41.7 Å². The van der Waals surface area contributed by atoms with Crippen LogP contribution in [0, 0.1) is 0 Å². The van der Waals surface area contributed by atoms with Crippen LogP contribution in [0.15, 0.2) is 34.7 Å². The highest BCUT2D eigenvalue weighted by atomic mass is 32.2. The van der Waals surface area contributed by atoms with Crippen LogP contribution in [-0.2, 0) is 16.8 Å². The molecule has 1 aromatic heterocycles. The summed E-state index contributed by atoms with van der Waals surface area (Å²) in [4.78, 5) is 16.2. The molecule has 1 amide bonds. The monoisotopic (exact) mass is 322 g/mol. The van der Waals surface area contributed by atoms with Gasteiger partial charge >= 0.3 is 0 Å². The molecule has 0 aliphatic rings. The highest BCUT2D eigenvalue weighted by Crippen LogP contribution is 2.27. The van der Waals surface area contributed by atoms with Gasteiger partial charge < -0.3 is 11.5 Å². The van der Waals surface area contributed by atoms with Crippen LogP contribution in [0.2, 0.25) is 0 Å². The number of carbonyl (C=O) groups is 1. The first kappa shape index (κ1) is 15.9. The van der Waals surface area contributed by atoms with Crippen molar-refractivity contribution in [1.82, 2.24) is 9.36 Å². The maximum absolute atomic E-state index is 11.8. The zero-order valence-corrected chi connectivity index (χ0v) is 13.4. The van der Waals surface area contributed by atoms with Gasteiger partial charge in [-0.05, 0) is 23.5 Å². The van der Waals surface area contributed by atoms with E-state index in [0.29, 0.717) is 12.2 Å². The Morgan fingerprint density at radius 2 is 2.10 bits per heavy atom. The fourth-order valence-corrected chi connectivity index (χ4v) is 3.73. The van der Waals surface area contributed by atoms with Crippen LogP contribution >= 0.6 is 23.3 Å². The minimum Gasteiger partial charge on any atom is -0.368 e. The summed E-state index contributed by atoms with van der Waals surface area (Å²) in [5.74, 6) is 0.993. The van der Waals surface area contributed by atoms with Crippen LogP contribution in [0.1, 0.15) is 24.7 Å². The molecule has 0 fully saturated rings. The van der Waals surface area contributed by atoms with Crippen molar-refractivity contribution in [3.63, 3.8) is 0 Å². The smallest absolute Gasteiger partial charge is 0.242 e. The molecule has 7 heteroatoms. The minimum absolute atomic E-state index is 0.456. The van der Waals surface area contributed by atoms with Gasteiger partial charge in [0, 0.05) is 12.2 Å². The molecule has 0 saturated carbocycles. The number of nitrogens with two attached hydrogens (primary N) is 2. The van der Waals surface area contributed by atoms with Gasteiger partial charge in [-0.2, -0.15) is 4.37 Å². The van der Waals surface area contributed by atoms with Crippen molar-refractivity contribution >= 4 is 29.2 Å². The number of hydrogen-bond acceptors (Lipinski definition) is 6. The first-order valence-corrected chi connectivity index (χ1v) is 8.42. The maximum Gasteiger partial charge on any atom is 0.242 e. The summed E-state index contributed by atoms with van der Waals surface area (Å²) in [7, 11) is 0. The van der Waals surface area contributed by atoms with Gasteiger partial charge in [-0.1, -0.05) is 49.0 Å². The molecule has 4 N–H and O–H groups in total. The number of rotatable bonds is 7. The molecule has 0 radical (unpaired) electrons. The van der Waals surface area contributed by atoms with Crippen LogP contribution in [0.5, 0.6) is 0 Å². The highest BCUT2D eigenvalue weighted by Gasteiger charge is 2.33. The Bertz CT molecular complexity index is 602. The Kier molecular flexibility index (Phi) is 5.33. The quantitative estimate of drug-likeness (QED) is 0.759. The van der Waals surface area contributed by atoms with Gasteiger partial charge in [0.25, 0.3) is 0 Å². The molecular formula is C14H18N4OS2. The van der Waals surface area contributed by atoms with Crippen LogP contribution < -0.4 is 11.5 Å². The van der Waals surface area contributed by atoms with Crippen LogP contribution in [0.4, 0.5) is 0 Å². The van der Waals surface area contributed by atoms with E-state index in [1.165, 1.54) is 11.5 Å². The van der Waals surface area contributed by atoms with E-state index in [0.717, 1.165) is 22.1 Å². The van der Waals surface area contributed by atoms with Crippen molar-refractivity contribution in [3.8, 4) is 0 Å². The molecule has 5 nitrogen and oxygen atoms in total. The molecule has 1 aromatic carbocycles. The highest BCUT2D eigenvalue weighted by molar-refractivity contribution is 8.00. The van der Waals surface area contributed by atoms with Crippen LogP contribution in [0.3, 0.4) is 0 Å². The number of hydrogen-bond donors (Lipinski definition) is 2. The fourth-order valence-electron chi connectivity index (χ4n) is 1.88. The number of thioether (sulfide) groups is 1. The van der Waals surface area contributed by atoms with Crippen molar-refractivity contribution in [2.75, 3.05) is 5.75 Å². The molecule has 1 atom stereocenters. The number of nitrogens with zero attached hydrogens (tertiary/aromatic N) is 2. The molecule has 21 heavy (non-hydrogen) atoms. The van der Waals surface area contributed by atoms with E-state index in [9.17, 15) is 4.79 Å². The maximum atomic E-state index is 11.8. The second kappa shape index (κ2) is 7.02. The summed E-state index contributed by atoms with van der Waals surface area (Å²) in [5, 5.41) is 0. The normalized spacial score (nSPS) is 13.8. The van der Waals surface area contributed by atoms with Crippen molar-refractivity contribution < 1.29 is 4.79 Å². The predicted molar refractivity (Wildman–Crippen MR) is 86.1 cm³/mol. The van der Waals surface area contributed by atoms with Gasteiger partial charge in [0.15, 0.2) is 4.34 Å². The Labute approximate surface area is 132 Å². The Balaban J connectivity index is 2.02. The van der Waals surface area contributed by atoms with Crippen LogP contribution in [0.25, 0.3) is 0 Å². The molecule has 1 unspecified atom stereocenters. The SMILES string of the molecule is CCc1nsc(SCCC(N)(C(N)=O)c2ccccc2)n1. The third kappa shape index (κ3) is 3.81. The number of amides is 1. The standard InChI is InChI=1S/C14H18N4OS2/c1-2-11-17-13(21-18-11)20-9-8-14(16,12(15)19)10-6-4-3-5-7-10/h3-7H,2,8-9,16H2,1H3,(H2,15,19). The lowest BCUT2D eigenvalue weighted by Crippen LogP contribution is -2.49. The van der Waals surface area contributed by atoms with Gasteiger partial charge in [-0.25, -0.2) is 4.98 Å². The van der Waals surface area contributed by atoms with E-state index in [-0.39, 0.29) is 0 Å². The number of carbonyl (C=O) groups excluding carboxylic acids is 1. The van der Waals surface area contributed by atoms with Crippen molar-refractivity contribution in [2.24, 2.45) is 11.5 Å². The summed E-state index contributed by atoms with van der Waals surface area (Å²) in [6.45, 7) is 2.02. The molecule has 2 rings (SSSR count). The second-order valence-electron chi connectivity index (χ2n) is 4.63. The number of primary amides is 1. The van der Waals surface area contributed by atoms with E-state index in [1.54, 1.807) is 11.8 Å². The molecule has 0 bridgehead atoms. The van der Waals surface area contributed by atoms with E-state index in [2.05, 4.69) is 9.36 Å². The van der Waals surface area contributed by atoms with Gasteiger partial charge in [0.05, 0.1) is 0 Å². The lowest BCUT2D eigenvalue weighted by molar-refractivity contribution is -0.123. The summed E-state index contributed by atoms with van der Waals surface area (Å²) < 4.78 is 5.13. The summed E-state index contributed by atoms with van der Waals surface area (Å²) >= 11 is 2.93. The molecule has 0 saturated heterocycles. The number of benzene rings is 1. The molecule has 2 aromatic rings. The second-order valence-corrected chi connectivity index (χ2v) is 6.72. The molecule has 0 spiro atoms. The average molecular weight is 322 g/mol. The predicted octanol–water partition coefficient (Wildman–Crippen LogP) is 1.92. The first-order chi connectivity index (χ1) is 10.1. The fraction of sp³-hybridized carbons (Fsp3) is 0.357. The number of aryl methyl sites for hydroxylation is 1. The Morgan fingerprint density at radius 1 is 1.38 bits per heavy atom. The van der Waals surface area contributed by atoms with E-state index < -0.39 is 11.4 Å². The zero-order chi connectivity index (χ0) is 15.3. The molecule has 112 valence electrons. The van der Waals surface area contributed by atoms with Crippen molar-refractivity contribution in [2.45, 2.75) is 29.6 Å². The lowest BCUT2D eigenvalue weighted by Gasteiger charge is -2.26. The van der Waals surface area contributed by atoms with Gasteiger partial charge in [0.1, 0.15) is 11.4 Å². The van der Waals surface area contributed by atoms with E-state index >= 15 is 0 Å². The van der Waals surface area contributed by atoms with E-state index in [4.69, 9.17) is 11.5 Å². The minimum atomic E-state index is -1.15. The van der Waals surface area contributed by atoms with Gasteiger partial charge in [-0.15, -0.1) is 0 Å². The topological polar surface area (TPSA) is 94.9 Å². The summed E-state index contributed by atoms with van der Waals surface area (Å²) in [6, 6.07) is 9.24. The lowest BCUT2D eigenvalue weighted by atomic mass is 9.88. The molecule has 0 aliphatic heterocycles.